The predicted molar refractivity (Wildman–Crippen MR) is 85.6 cm³/mol. The molecule has 0 saturated heterocycles. The van der Waals surface area contributed by atoms with Crippen LogP contribution in [0.4, 0.5) is 9.41 Å². The summed E-state index contributed by atoms with van der Waals surface area (Å²) in [5.74, 6) is 0. The number of hydrogen-bond donors (Lipinski definition) is 0. The molecular formula is C18H28F2Ti. The fraction of sp³-hybridized carbons (Fsp3) is 0.556. The van der Waals surface area contributed by atoms with E-state index in [0.29, 0.717) is 0 Å². The van der Waals surface area contributed by atoms with Crippen LogP contribution in [0.2, 0.25) is 0 Å². The first kappa shape index (κ1) is 20.5. The van der Waals surface area contributed by atoms with Crippen LogP contribution in [0.15, 0.2) is 43.2 Å². The Labute approximate surface area is 137 Å². The van der Waals surface area contributed by atoms with Crippen molar-refractivity contribution < 1.29 is 28.6 Å². The molecular weight excluding hydrogens is 302 g/mol. The quantitative estimate of drug-likeness (QED) is 0.466. The van der Waals surface area contributed by atoms with Gasteiger partial charge in [0.15, 0.2) is 0 Å². The zero-order valence-electron chi connectivity index (χ0n) is 13.3. The van der Waals surface area contributed by atoms with Gasteiger partial charge < -0.3 is 0 Å². The maximum Gasteiger partial charge on any atom is -0.269 e. The van der Waals surface area contributed by atoms with E-state index >= 15 is 0 Å². The average molecular weight is 330 g/mol. The molecule has 0 aromatic heterocycles. The second kappa shape index (κ2) is 11.1. The second-order valence-corrected chi connectivity index (χ2v) is 7.83. The maximum atomic E-state index is 2.41. The molecule has 0 aromatic carbocycles. The topological polar surface area (TPSA) is 0 Å². The molecule has 0 spiro atoms. The number of allylic oxidation sites excluding steroid dienone is 8. The van der Waals surface area contributed by atoms with Crippen molar-refractivity contribution in [2.24, 2.45) is 0 Å². The van der Waals surface area contributed by atoms with Gasteiger partial charge >= 0.3 is 128 Å². The molecule has 0 fully saturated rings. The van der Waals surface area contributed by atoms with Crippen LogP contribution in [0.5, 0.6) is 0 Å². The molecule has 0 nitrogen and oxygen atoms in total. The van der Waals surface area contributed by atoms with Crippen molar-refractivity contribution in [1.29, 1.82) is 0 Å². The van der Waals surface area contributed by atoms with Crippen LogP contribution < -0.4 is 0 Å². The summed E-state index contributed by atoms with van der Waals surface area (Å²) in [6.07, 6.45) is 20.1. The van der Waals surface area contributed by atoms with Gasteiger partial charge in [-0.05, 0) is 0 Å². The van der Waals surface area contributed by atoms with E-state index in [0.717, 1.165) is 0 Å². The summed E-state index contributed by atoms with van der Waals surface area (Å²) in [5.41, 5.74) is 3.38. The maximum absolute atomic E-state index is 2.41. The smallest absolute Gasteiger partial charge is 0.269 e. The molecule has 0 heterocycles. The van der Waals surface area contributed by atoms with E-state index in [1.165, 1.54) is 51.4 Å². The first-order valence-electron chi connectivity index (χ1n) is 7.89. The standard InChI is InChI=1S/2C9H13.2FH.Ti/c2*1-2-3-6-9-7-4-5-8-9;;;/h2*4,7H,2-3,5-6H2,1H3;2*1H;. The molecule has 0 radical (unpaired) electrons. The van der Waals surface area contributed by atoms with E-state index in [9.17, 15) is 0 Å². The van der Waals surface area contributed by atoms with Crippen LogP contribution in [0.1, 0.15) is 65.2 Å². The first-order chi connectivity index (χ1) is 9.35. The molecule has 0 saturated carbocycles. The first-order valence-corrected chi connectivity index (χ1v) is 9.45. The van der Waals surface area contributed by atoms with Crippen LogP contribution in [-0.2, 0) is 19.2 Å². The van der Waals surface area contributed by atoms with Gasteiger partial charge in [0.1, 0.15) is 0 Å². The Bertz CT molecular complexity index is 390. The molecule has 0 atom stereocenters. The summed E-state index contributed by atoms with van der Waals surface area (Å²) in [7, 11) is 0. The molecule has 21 heavy (non-hydrogen) atoms. The Morgan fingerprint density at radius 1 is 0.810 bits per heavy atom. The van der Waals surface area contributed by atoms with Crippen molar-refractivity contribution in [1.82, 2.24) is 0 Å². The van der Waals surface area contributed by atoms with Gasteiger partial charge in [-0.3, -0.25) is 9.41 Å². The fourth-order valence-electron chi connectivity index (χ4n) is 2.75. The Morgan fingerprint density at radius 2 is 1.24 bits per heavy atom. The van der Waals surface area contributed by atoms with Gasteiger partial charge in [-0.15, -0.1) is 0 Å². The van der Waals surface area contributed by atoms with E-state index in [1.54, 1.807) is 11.1 Å². The van der Waals surface area contributed by atoms with Crippen LogP contribution >= 0.6 is 0 Å². The van der Waals surface area contributed by atoms with Gasteiger partial charge in [-0.25, -0.2) is 0 Å². The van der Waals surface area contributed by atoms with Crippen molar-refractivity contribution in [2.75, 3.05) is 0 Å². The van der Waals surface area contributed by atoms with E-state index in [4.69, 9.17) is 0 Å². The molecule has 118 valence electrons. The summed E-state index contributed by atoms with van der Waals surface area (Å²) in [6.45, 7) is 4.59. The molecule has 2 aliphatic rings. The average Bonchev–Trinajstić information content (AvgIpc) is 3.04. The van der Waals surface area contributed by atoms with Gasteiger partial charge in [0.25, 0.3) is 0 Å². The zero-order valence-corrected chi connectivity index (χ0v) is 14.8. The normalized spacial score (nSPS) is 16.3. The molecule has 2 rings (SSSR count). The van der Waals surface area contributed by atoms with Gasteiger partial charge in [-0.2, -0.15) is 0 Å². The van der Waals surface area contributed by atoms with E-state index in [1.807, 2.05) is 7.76 Å². The SMILES string of the molecule is CCCCC1=[C]([Ti][C]2=C(CCCC)C=CC2)CC=C1.F.F. The van der Waals surface area contributed by atoms with Gasteiger partial charge in [0.05, 0.1) is 0 Å². The van der Waals surface area contributed by atoms with Gasteiger partial charge in [0.2, 0.25) is 0 Å². The van der Waals surface area contributed by atoms with Crippen LogP contribution in [0.3, 0.4) is 0 Å². The van der Waals surface area contributed by atoms with E-state index < -0.39 is 0 Å². The largest absolute Gasteiger partial charge is 0.269 e. The van der Waals surface area contributed by atoms with Gasteiger partial charge in [0, 0.05) is 0 Å². The third-order valence-corrected chi connectivity index (χ3v) is 6.54. The Kier molecular flexibility index (Phi) is 10.9. The molecule has 2 aliphatic carbocycles. The summed E-state index contributed by atoms with van der Waals surface area (Å²) in [4.78, 5) is 0. The van der Waals surface area contributed by atoms with Crippen molar-refractivity contribution in [3.05, 3.63) is 43.2 Å². The van der Waals surface area contributed by atoms with Crippen LogP contribution in [0.25, 0.3) is 0 Å². The molecule has 0 N–H and O–H groups in total. The Hall–Kier alpha value is -0.466. The van der Waals surface area contributed by atoms with Gasteiger partial charge in [-0.1, -0.05) is 0 Å². The number of unbranched alkanes of at least 4 members (excludes halogenated alkanes) is 2. The van der Waals surface area contributed by atoms with Crippen LogP contribution in [-0.4, -0.2) is 0 Å². The summed E-state index contributed by atoms with van der Waals surface area (Å²) in [5, 5.41) is 0. The summed E-state index contributed by atoms with van der Waals surface area (Å²) in [6, 6.07) is 0. The minimum atomic E-state index is -0.0137. The number of rotatable bonds is 8. The number of halogens is 2. The monoisotopic (exact) mass is 330 g/mol. The Balaban J connectivity index is 0.00000200. The summed E-state index contributed by atoms with van der Waals surface area (Å²) < 4.78 is 3.64. The third kappa shape index (κ3) is 6.04. The molecule has 0 aliphatic heterocycles. The Morgan fingerprint density at radius 3 is 1.62 bits per heavy atom. The predicted octanol–water partition coefficient (Wildman–Crippen LogP) is 6.18. The fourth-order valence-corrected chi connectivity index (χ4v) is 5.16. The van der Waals surface area contributed by atoms with Crippen molar-refractivity contribution >= 4 is 0 Å². The molecule has 0 unspecified atom stereocenters. The molecule has 3 heteroatoms. The minimum absolute atomic E-state index is 0. The van der Waals surface area contributed by atoms with Crippen LogP contribution in [0, 0.1) is 0 Å². The van der Waals surface area contributed by atoms with E-state index in [-0.39, 0.29) is 28.6 Å². The molecule has 0 amide bonds. The number of hydrogen-bond acceptors (Lipinski definition) is 0. The zero-order chi connectivity index (χ0) is 13.5. The molecule has 0 bridgehead atoms. The van der Waals surface area contributed by atoms with Crippen molar-refractivity contribution in [3.63, 3.8) is 0 Å². The van der Waals surface area contributed by atoms with Crippen molar-refractivity contribution in [3.8, 4) is 0 Å². The molecule has 0 aromatic rings. The van der Waals surface area contributed by atoms with Crippen molar-refractivity contribution in [2.45, 2.75) is 65.2 Å². The third-order valence-electron chi connectivity index (χ3n) is 3.96. The van der Waals surface area contributed by atoms with E-state index in [2.05, 4.69) is 38.2 Å². The minimum Gasteiger partial charge on any atom is -0.269 e. The second-order valence-electron chi connectivity index (χ2n) is 5.55. The summed E-state index contributed by atoms with van der Waals surface area (Å²) >= 11 is -0.0137.